The molecule has 0 aliphatic heterocycles. The molecule has 0 aliphatic rings. The molecule has 0 saturated heterocycles. The van der Waals surface area contributed by atoms with Crippen LogP contribution in [-0.2, 0) is 0 Å². The maximum absolute atomic E-state index is 5.91. The number of anilines is 1. The molecule has 0 aliphatic carbocycles. The zero-order chi connectivity index (χ0) is 26.5. The minimum atomic E-state index is -2.74. The summed E-state index contributed by atoms with van der Waals surface area (Å²) in [5.41, 5.74) is 5.14. The number of unbranched alkanes of at least 4 members (excludes halogenated alkanes) is 3. The van der Waals surface area contributed by atoms with Crippen molar-refractivity contribution < 1.29 is 4.74 Å². The number of ether oxygens (including phenoxy) is 1. The van der Waals surface area contributed by atoms with Crippen LogP contribution < -0.4 is 10.1 Å². The monoisotopic (exact) mass is 623 g/mol. The van der Waals surface area contributed by atoms with Crippen LogP contribution in [0.4, 0.5) is 5.69 Å². The molecule has 0 saturated carbocycles. The van der Waals surface area contributed by atoms with Gasteiger partial charge in [0.25, 0.3) is 0 Å². The van der Waals surface area contributed by atoms with Crippen molar-refractivity contribution in [3.63, 3.8) is 0 Å². The number of hydrogen-bond acceptors (Lipinski definition) is 2. The van der Waals surface area contributed by atoms with Crippen molar-refractivity contribution in [2.75, 3.05) is 12.4 Å². The van der Waals surface area contributed by atoms with Crippen LogP contribution in [0.5, 0.6) is 5.75 Å². The van der Waals surface area contributed by atoms with E-state index < -0.39 is 18.4 Å². The summed E-state index contributed by atoms with van der Waals surface area (Å²) in [5, 5.41) is 3.68. The zero-order valence-electron chi connectivity index (χ0n) is 23.3. The molecule has 3 rings (SSSR count). The van der Waals surface area contributed by atoms with Gasteiger partial charge in [-0.25, -0.2) is 0 Å². The van der Waals surface area contributed by atoms with E-state index in [9.17, 15) is 0 Å². The maximum atomic E-state index is 5.91. The van der Waals surface area contributed by atoms with Gasteiger partial charge in [-0.1, -0.05) is 0 Å². The van der Waals surface area contributed by atoms with Crippen LogP contribution in [-0.4, -0.2) is 30.5 Å². The van der Waals surface area contributed by atoms with Gasteiger partial charge in [0.05, 0.1) is 0 Å². The van der Waals surface area contributed by atoms with Crippen molar-refractivity contribution in [2.45, 2.75) is 76.5 Å². The van der Waals surface area contributed by atoms with E-state index in [1.807, 2.05) is 24.3 Å². The van der Waals surface area contributed by atoms with E-state index in [1.54, 1.807) is 7.11 Å². The van der Waals surface area contributed by atoms with Gasteiger partial charge < -0.3 is 0 Å². The molecule has 0 amide bonds. The number of thiocarbonyl (C=S) groups is 1. The molecule has 0 fully saturated rings. The SMILES string of the molecule is CCC[CH2][Sn]([CH2]CCC)([CH2]CCC)[CH](c1ccccc1)c1ccccc1NC(=S)c1ccc(OC)cc1. The number of para-hydroxylation sites is 1. The number of methoxy groups -OCH3 is 1. The number of nitrogens with one attached hydrogen (secondary N) is 1. The summed E-state index contributed by atoms with van der Waals surface area (Å²) in [7, 11) is 1.69. The average molecular weight is 623 g/mol. The molecule has 3 aromatic rings. The van der Waals surface area contributed by atoms with Gasteiger partial charge in [-0.2, -0.15) is 0 Å². The summed E-state index contributed by atoms with van der Waals surface area (Å²) in [4.78, 5) is 0.762. The van der Waals surface area contributed by atoms with Gasteiger partial charge in [0.15, 0.2) is 0 Å². The van der Waals surface area contributed by atoms with E-state index in [-0.39, 0.29) is 0 Å². The summed E-state index contributed by atoms with van der Waals surface area (Å²) in [6.45, 7) is 7.07. The fourth-order valence-corrected chi connectivity index (χ4v) is 24.8. The van der Waals surface area contributed by atoms with Crippen LogP contribution in [0.3, 0.4) is 0 Å². The molecule has 0 aromatic heterocycles. The summed E-state index contributed by atoms with van der Waals surface area (Å²) in [6.07, 6.45) is 7.89. The molecular formula is C33H45NOSSn. The second-order valence-electron chi connectivity index (χ2n) is 10.3. The third-order valence-electron chi connectivity index (χ3n) is 7.70. The van der Waals surface area contributed by atoms with Crippen LogP contribution in [0.25, 0.3) is 0 Å². The zero-order valence-corrected chi connectivity index (χ0v) is 26.9. The van der Waals surface area contributed by atoms with E-state index in [0.717, 1.165) is 16.3 Å². The van der Waals surface area contributed by atoms with Crippen LogP contribution in [0, 0.1) is 0 Å². The first-order chi connectivity index (χ1) is 18.1. The first kappa shape index (κ1) is 29.7. The molecule has 0 spiro atoms. The molecule has 37 heavy (non-hydrogen) atoms. The second-order valence-corrected chi connectivity index (χ2v) is 24.4. The first-order valence-corrected chi connectivity index (χ1v) is 22.3. The van der Waals surface area contributed by atoms with Crippen molar-refractivity contribution in [1.29, 1.82) is 0 Å². The van der Waals surface area contributed by atoms with E-state index in [4.69, 9.17) is 17.0 Å². The molecule has 3 aromatic carbocycles. The van der Waals surface area contributed by atoms with E-state index >= 15 is 0 Å². The van der Waals surface area contributed by atoms with Gasteiger partial charge in [0.2, 0.25) is 0 Å². The van der Waals surface area contributed by atoms with E-state index in [1.165, 1.54) is 68.6 Å². The Kier molecular flexibility index (Phi) is 12.5. The fourth-order valence-electron chi connectivity index (χ4n) is 5.70. The topological polar surface area (TPSA) is 21.3 Å². The molecule has 1 N–H and O–H groups in total. The van der Waals surface area contributed by atoms with Crippen LogP contribution >= 0.6 is 12.2 Å². The van der Waals surface area contributed by atoms with Gasteiger partial charge in [0.1, 0.15) is 0 Å². The molecule has 2 nitrogen and oxygen atoms in total. The van der Waals surface area contributed by atoms with Crippen LogP contribution in [0.15, 0.2) is 78.9 Å². The Morgan fingerprint density at radius 1 is 0.757 bits per heavy atom. The number of benzene rings is 3. The predicted molar refractivity (Wildman–Crippen MR) is 168 cm³/mol. The minimum absolute atomic E-state index is 0.516. The average Bonchev–Trinajstić information content (AvgIpc) is 2.95. The summed E-state index contributed by atoms with van der Waals surface area (Å²) in [5.74, 6) is 0.845. The number of hydrogen-bond donors (Lipinski definition) is 1. The van der Waals surface area contributed by atoms with Crippen molar-refractivity contribution in [1.82, 2.24) is 0 Å². The normalized spacial score (nSPS) is 12.2. The van der Waals surface area contributed by atoms with Crippen molar-refractivity contribution in [3.8, 4) is 5.75 Å². The molecular weight excluding hydrogens is 577 g/mol. The molecule has 1 atom stereocenters. The number of rotatable bonds is 15. The molecule has 1 unspecified atom stereocenters. The van der Waals surface area contributed by atoms with E-state index in [0.29, 0.717) is 3.93 Å². The van der Waals surface area contributed by atoms with E-state index in [2.05, 4.69) is 80.7 Å². The molecule has 0 radical (unpaired) electrons. The first-order valence-electron chi connectivity index (χ1n) is 14.2. The third kappa shape index (κ3) is 8.07. The second kappa shape index (κ2) is 15.5. The summed E-state index contributed by atoms with van der Waals surface area (Å²) < 4.78 is 10.2. The summed E-state index contributed by atoms with van der Waals surface area (Å²) in [6, 6.07) is 28.4. The Hall–Kier alpha value is -1.85. The Balaban J connectivity index is 2.11. The van der Waals surface area contributed by atoms with Gasteiger partial charge in [-0.05, 0) is 0 Å². The van der Waals surface area contributed by atoms with Crippen molar-refractivity contribution >= 4 is 41.3 Å². The standard InChI is InChI=1S/C21H18NOS.3C4H9.Sn/c1-23-19-13-11-17(12-14-19)21(24)22-20-10-6-5-9-18(20)15-16-7-3-2-4-8-16;3*1-3-4-2;/h2-15H,1H3,(H,22,24);3*1,3-4H2,2H3;. The Morgan fingerprint density at radius 3 is 1.84 bits per heavy atom. The Bertz CT molecular complexity index is 1060. The Morgan fingerprint density at radius 2 is 1.30 bits per heavy atom. The van der Waals surface area contributed by atoms with Crippen molar-refractivity contribution in [3.05, 3.63) is 95.6 Å². The summed E-state index contributed by atoms with van der Waals surface area (Å²) >= 11 is 3.17. The van der Waals surface area contributed by atoms with Crippen LogP contribution in [0.2, 0.25) is 13.3 Å². The van der Waals surface area contributed by atoms with Crippen LogP contribution in [0.1, 0.15) is 79.9 Å². The van der Waals surface area contributed by atoms with Crippen molar-refractivity contribution in [2.24, 2.45) is 0 Å². The van der Waals surface area contributed by atoms with Gasteiger partial charge in [0, 0.05) is 0 Å². The predicted octanol–water partition coefficient (Wildman–Crippen LogP) is 10.0. The van der Waals surface area contributed by atoms with Gasteiger partial charge in [-0.3, -0.25) is 0 Å². The Labute approximate surface area is 235 Å². The fraction of sp³-hybridized carbons (Fsp3) is 0.424. The quantitative estimate of drug-likeness (QED) is 0.135. The molecule has 0 heterocycles. The van der Waals surface area contributed by atoms with Gasteiger partial charge in [-0.15, -0.1) is 0 Å². The third-order valence-corrected chi connectivity index (χ3v) is 24.9. The van der Waals surface area contributed by atoms with Gasteiger partial charge >= 0.3 is 236 Å². The molecule has 0 bridgehead atoms. The molecule has 198 valence electrons. The molecule has 4 heteroatoms.